The van der Waals surface area contributed by atoms with Gasteiger partial charge < -0.3 is 21.0 Å². The van der Waals surface area contributed by atoms with Crippen LogP contribution in [-0.2, 0) is 28.9 Å². The molecule has 176 valence electrons. The Bertz CT molecular complexity index is 1220. The van der Waals surface area contributed by atoms with E-state index in [2.05, 4.69) is 61.6 Å². The van der Waals surface area contributed by atoms with Gasteiger partial charge in [-0.15, -0.1) is 0 Å². The van der Waals surface area contributed by atoms with E-state index in [1.807, 2.05) is 0 Å². The minimum atomic E-state index is 0.0693. The Morgan fingerprint density at radius 3 is 2.12 bits per heavy atom. The number of oxime groups is 1. The lowest BCUT2D eigenvalue weighted by Gasteiger charge is -2.19. The molecular formula is C28H31N3O3. The van der Waals surface area contributed by atoms with Crippen LogP contribution in [0.15, 0.2) is 59.8 Å². The minimum absolute atomic E-state index is 0.0693. The molecule has 2 aliphatic rings. The Hall–Kier alpha value is -3.64. The van der Waals surface area contributed by atoms with Crippen molar-refractivity contribution < 1.29 is 14.7 Å². The van der Waals surface area contributed by atoms with Crippen LogP contribution in [0.5, 0.6) is 0 Å². The topological polar surface area (TPSA) is 96.9 Å². The summed E-state index contributed by atoms with van der Waals surface area (Å²) in [5.41, 5.74) is 16.8. The monoisotopic (exact) mass is 457 g/mol. The van der Waals surface area contributed by atoms with Gasteiger partial charge in [0.1, 0.15) is 12.2 Å². The number of aryl methyl sites for hydroxylation is 3. The van der Waals surface area contributed by atoms with Crippen molar-refractivity contribution in [2.75, 3.05) is 0 Å². The summed E-state index contributed by atoms with van der Waals surface area (Å²) in [6.07, 6.45) is 3.18. The fourth-order valence-electron chi connectivity index (χ4n) is 4.77. The molecule has 0 aromatic heterocycles. The van der Waals surface area contributed by atoms with Crippen molar-refractivity contribution in [2.24, 2.45) is 10.9 Å². The summed E-state index contributed by atoms with van der Waals surface area (Å²) < 4.78 is 6.27. The quantitative estimate of drug-likeness (QED) is 0.165. The number of hydrogen-bond acceptors (Lipinski definition) is 4. The van der Waals surface area contributed by atoms with E-state index in [-0.39, 0.29) is 18.0 Å². The zero-order valence-corrected chi connectivity index (χ0v) is 19.8. The van der Waals surface area contributed by atoms with Crippen LogP contribution in [0.1, 0.15) is 76.1 Å². The van der Waals surface area contributed by atoms with E-state index in [4.69, 9.17) is 15.7 Å². The summed E-state index contributed by atoms with van der Waals surface area (Å²) in [5.74, 6) is 0.0693. The summed E-state index contributed by atoms with van der Waals surface area (Å²) in [6.45, 7) is 7.12. The molecule has 34 heavy (non-hydrogen) atoms. The summed E-state index contributed by atoms with van der Waals surface area (Å²) in [4.78, 5) is 10.0. The van der Waals surface area contributed by atoms with E-state index >= 15 is 0 Å². The number of amidine groups is 1. The van der Waals surface area contributed by atoms with Crippen LogP contribution in [0.4, 0.5) is 0 Å². The Kier molecular flexibility index (Phi) is 6.98. The Morgan fingerprint density at radius 1 is 0.971 bits per heavy atom. The van der Waals surface area contributed by atoms with E-state index in [1.165, 1.54) is 38.9 Å². The number of nitrogens with one attached hydrogen (secondary N) is 1. The van der Waals surface area contributed by atoms with Crippen molar-refractivity contribution in [3.63, 3.8) is 0 Å². The number of ether oxygens (including phenoxy) is 1. The zero-order chi connectivity index (χ0) is 24.2. The van der Waals surface area contributed by atoms with Crippen LogP contribution in [0, 0.1) is 6.92 Å². The third-order valence-corrected chi connectivity index (χ3v) is 6.56. The lowest BCUT2D eigenvalue weighted by Crippen LogP contribution is -2.13. The van der Waals surface area contributed by atoms with Gasteiger partial charge in [-0.05, 0) is 58.7 Å². The number of nitrogens with two attached hydrogens (primary N) is 1. The van der Waals surface area contributed by atoms with E-state index in [9.17, 15) is 4.79 Å². The van der Waals surface area contributed by atoms with Gasteiger partial charge in [-0.1, -0.05) is 79.2 Å². The van der Waals surface area contributed by atoms with E-state index in [1.54, 1.807) is 24.3 Å². The molecule has 6 nitrogen and oxygen atoms in total. The first kappa shape index (κ1) is 23.5. The molecule has 2 atom stereocenters. The number of fused-ring (bicyclic) bond motifs is 8. The van der Waals surface area contributed by atoms with E-state index in [0.717, 1.165) is 18.4 Å². The van der Waals surface area contributed by atoms with Crippen LogP contribution in [-0.4, -0.2) is 17.5 Å². The highest BCUT2D eigenvalue weighted by Crippen LogP contribution is 2.54. The maximum absolute atomic E-state index is 10.0. The maximum Gasteiger partial charge on any atom is 0.207 e. The number of nitrogens with zero attached hydrogens (tertiary/aromatic N) is 1. The van der Waals surface area contributed by atoms with Gasteiger partial charge in [-0.3, -0.25) is 4.79 Å². The number of carbonyl (C=O) groups excluding carboxylic acids is 1. The second-order valence-electron chi connectivity index (χ2n) is 8.67. The molecule has 0 fully saturated rings. The van der Waals surface area contributed by atoms with Crippen LogP contribution >= 0.6 is 0 Å². The van der Waals surface area contributed by atoms with Gasteiger partial charge in [-0.2, -0.15) is 0 Å². The molecule has 4 N–H and O–H groups in total. The van der Waals surface area contributed by atoms with Gasteiger partial charge in [0.2, 0.25) is 6.41 Å². The van der Waals surface area contributed by atoms with Crippen molar-refractivity contribution in [3.05, 3.63) is 105 Å². The molecule has 6 heteroatoms. The summed E-state index contributed by atoms with van der Waals surface area (Å²) in [5, 5.41) is 13.8. The summed E-state index contributed by atoms with van der Waals surface area (Å²) in [7, 11) is 0. The highest BCUT2D eigenvalue weighted by Gasteiger charge is 2.42. The fourth-order valence-corrected chi connectivity index (χ4v) is 4.77. The van der Waals surface area contributed by atoms with Gasteiger partial charge in [0.15, 0.2) is 5.84 Å². The van der Waals surface area contributed by atoms with E-state index in [0.29, 0.717) is 18.5 Å². The molecule has 0 saturated carbocycles. The lowest BCUT2D eigenvalue weighted by molar-refractivity contribution is -0.109. The van der Waals surface area contributed by atoms with Crippen molar-refractivity contribution >= 4 is 12.2 Å². The van der Waals surface area contributed by atoms with Crippen molar-refractivity contribution in [2.45, 2.75) is 52.4 Å². The first-order chi connectivity index (χ1) is 16.5. The zero-order valence-electron chi connectivity index (χ0n) is 19.8. The number of benzene rings is 3. The second-order valence-corrected chi connectivity index (χ2v) is 8.67. The molecule has 2 bridgehead atoms. The Morgan fingerprint density at radius 2 is 1.56 bits per heavy atom. The normalized spacial score (nSPS) is 17.4. The maximum atomic E-state index is 10.0. The predicted molar refractivity (Wildman–Crippen MR) is 133 cm³/mol. The van der Waals surface area contributed by atoms with Crippen molar-refractivity contribution in [1.82, 2.24) is 5.32 Å². The van der Waals surface area contributed by atoms with Crippen LogP contribution in [0.2, 0.25) is 0 Å². The van der Waals surface area contributed by atoms with Crippen LogP contribution in [0.25, 0.3) is 0 Å². The van der Waals surface area contributed by atoms with Crippen molar-refractivity contribution in [1.29, 1.82) is 0 Å². The van der Waals surface area contributed by atoms with E-state index < -0.39 is 0 Å². The predicted octanol–water partition coefficient (Wildman–Crippen LogP) is 4.67. The molecule has 0 radical (unpaired) electrons. The molecule has 2 unspecified atom stereocenters. The lowest BCUT2D eigenvalue weighted by atomic mass is 9.82. The number of rotatable bonds is 6. The third kappa shape index (κ3) is 4.41. The molecular weight excluding hydrogens is 426 g/mol. The average molecular weight is 458 g/mol. The molecule has 2 heterocycles. The molecule has 0 saturated heterocycles. The van der Waals surface area contributed by atoms with Gasteiger partial charge in [-0.25, -0.2) is 0 Å². The Labute approximate surface area is 200 Å². The smallest absolute Gasteiger partial charge is 0.207 e. The van der Waals surface area contributed by atoms with Crippen molar-refractivity contribution in [3.8, 4) is 0 Å². The fraction of sp³-hybridized carbons (Fsp3) is 0.286. The molecule has 3 aromatic carbocycles. The molecule has 1 amide bonds. The van der Waals surface area contributed by atoms with Crippen LogP contribution < -0.4 is 11.1 Å². The molecule has 0 spiro atoms. The largest absolute Gasteiger partial charge is 0.409 e. The first-order valence-corrected chi connectivity index (χ1v) is 11.7. The molecule has 2 aliphatic heterocycles. The summed E-state index contributed by atoms with van der Waals surface area (Å²) >= 11 is 0. The SMILES string of the molecule is CCc1cc2c(cc1CC)C1OC2c2ccc(C)cc21.N/C(=N\O)c1ccc(CNC=O)cc1. The van der Waals surface area contributed by atoms with Gasteiger partial charge >= 0.3 is 0 Å². The van der Waals surface area contributed by atoms with Gasteiger partial charge in [0.05, 0.1) is 0 Å². The highest BCUT2D eigenvalue weighted by molar-refractivity contribution is 5.96. The second kappa shape index (κ2) is 10.1. The number of amides is 1. The van der Waals surface area contributed by atoms with Crippen LogP contribution in [0.3, 0.4) is 0 Å². The average Bonchev–Trinajstić information content (AvgIpc) is 3.43. The number of carbonyl (C=O) groups is 1. The molecule has 0 aliphatic carbocycles. The first-order valence-electron chi connectivity index (χ1n) is 11.7. The highest BCUT2D eigenvalue weighted by atomic mass is 16.5. The minimum Gasteiger partial charge on any atom is -0.409 e. The standard InChI is InChI=1S/C19H20O.C9H11N3O2/c1-4-12-9-16-17(10-13(12)5-2)19-15-8-11(3)6-7-14(15)18(16)20-19;10-9(12-14)8-3-1-7(2-4-8)5-11-6-13/h6-10,18-19H,4-5H2,1-3H3;1-4,6,14H,5H2,(H2,10,12)(H,11,13). The van der Waals surface area contributed by atoms with Gasteiger partial charge in [0, 0.05) is 12.1 Å². The molecule has 5 rings (SSSR count). The molecule has 3 aromatic rings. The van der Waals surface area contributed by atoms with Gasteiger partial charge in [0.25, 0.3) is 0 Å². The number of hydrogen-bond donors (Lipinski definition) is 3. The third-order valence-electron chi connectivity index (χ3n) is 6.56. The Balaban J connectivity index is 0.000000173. The summed E-state index contributed by atoms with van der Waals surface area (Å²) in [6, 6.07) is 18.6.